The van der Waals surface area contributed by atoms with Crippen LogP contribution in [0, 0.1) is 0 Å². The van der Waals surface area contributed by atoms with Crippen LogP contribution in [0.4, 0.5) is 0 Å². The zero-order valence-corrected chi connectivity index (χ0v) is 17.1. The van der Waals surface area contributed by atoms with Crippen molar-refractivity contribution in [1.29, 1.82) is 0 Å². The predicted octanol–water partition coefficient (Wildman–Crippen LogP) is 6.23. The maximum absolute atomic E-state index is 11.0. The topological polar surface area (TPSA) is 35.5 Å². The van der Waals surface area contributed by atoms with Crippen molar-refractivity contribution >= 4 is 17.6 Å². The summed E-state index contributed by atoms with van der Waals surface area (Å²) in [5.74, 6) is 0.638. The van der Waals surface area contributed by atoms with E-state index in [0.29, 0.717) is 13.2 Å². The second-order valence-electron chi connectivity index (χ2n) is 7.35. The van der Waals surface area contributed by atoms with E-state index in [2.05, 4.69) is 61.2 Å². The molecule has 3 rings (SSSR count). The lowest BCUT2D eigenvalue weighted by molar-refractivity contribution is -0.137. The van der Waals surface area contributed by atoms with E-state index in [1.54, 1.807) is 0 Å². The maximum Gasteiger partial charge on any atom is 0.330 e. The third-order valence-corrected chi connectivity index (χ3v) is 5.22. The van der Waals surface area contributed by atoms with Crippen LogP contribution in [0.2, 0.25) is 0 Å². The normalized spacial score (nSPS) is 13.0. The van der Waals surface area contributed by atoms with Crippen LogP contribution >= 0.6 is 0 Å². The van der Waals surface area contributed by atoms with Crippen molar-refractivity contribution in [2.75, 3.05) is 13.2 Å². The minimum absolute atomic E-state index is 0.346. The standard InChI is InChI=1S/C26H30O3/c1-2-26(27)29-19-9-4-3-8-18-28-25-17-11-15-22-14-10-16-23(20-24(22)25)21-12-6-5-7-13-21/h2,5-7,11-13,15,17,20H,1,3-4,8-10,14,16,18-19H2. The van der Waals surface area contributed by atoms with Gasteiger partial charge in [0.15, 0.2) is 0 Å². The fourth-order valence-corrected chi connectivity index (χ4v) is 3.66. The molecule has 29 heavy (non-hydrogen) atoms. The first-order valence-electron chi connectivity index (χ1n) is 10.6. The minimum atomic E-state index is -0.346. The second-order valence-corrected chi connectivity index (χ2v) is 7.35. The lowest BCUT2D eigenvalue weighted by Gasteiger charge is -2.13. The van der Waals surface area contributed by atoms with Gasteiger partial charge in [-0.2, -0.15) is 0 Å². The largest absolute Gasteiger partial charge is 0.493 e. The highest BCUT2D eigenvalue weighted by atomic mass is 16.5. The summed E-state index contributed by atoms with van der Waals surface area (Å²) >= 11 is 0. The van der Waals surface area contributed by atoms with E-state index in [-0.39, 0.29) is 5.97 Å². The fourth-order valence-electron chi connectivity index (χ4n) is 3.66. The second kappa shape index (κ2) is 11.3. The molecule has 0 radical (unpaired) electrons. The van der Waals surface area contributed by atoms with Crippen LogP contribution in [0.1, 0.15) is 55.2 Å². The van der Waals surface area contributed by atoms with Crippen LogP contribution in [-0.2, 0) is 16.0 Å². The van der Waals surface area contributed by atoms with E-state index in [1.165, 1.54) is 28.3 Å². The number of fused-ring (bicyclic) bond motifs is 1. The van der Waals surface area contributed by atoms with Gasteiger partial charge in [0.2, 0.25) is 0 Å². The third kappa shape index (κ3) is 6.35. The number of aryl methyl sites for hydroxylation is 1. The van der Waals surface area contributed by atoms with Crippen LogP contribution in [0.15, 0.2) is 61.2 Å². The van der Waals surface area contributed by atoms with Gasteiger partial charge >= 0.3 is 5.97 Å². The maximum atomic E-state index is 11.0. The summed E-state index contributed by atoms with van der Waals surface area (Å²) in [5, 5.41) is 0. The lowest BCUT2D eigenvalue weighted by atomic mass is 10.0. The molecule has 0 amide bonds. The Morgan fingerprint density at radius 2 is 1.72 bits per heavy atom. The number of unbranched alkanes of at least 4 members (excludes halogenated alkanes) is 3. The number of esters is 1. The Morgan fingerprint density at radius 3 is 2.52 bits per heavy atom. The van der Waals surface area contributed by atoms with E-state index in [4.69, 9.17) is 9.47 Å². The van der Waals surface area contributed by atoms with Gasteiger partial charge in [0.25, 0.3) is 0 Å². The molecule has 0 spiro atoms. The molecule has 0 saturated carbocycles. The SMILES string of the molecule is C=CC(=O)OCCCCCCOc1cccc2c1C=C(c1ccccc1)CCC2. The van der Waals surface area contributed by atoms with E-state index in [1.807, 2.05) is 0 Å². The summed E-state index contributed by atoms with van der Waals surface area (Å²) in [5.41, 5.74) is 5.29. The van der Waals surface area contributed by atoms with Crippen molar-refractivity contribution in [3.8, 4) is 5.75 Å². The highest BCUT2D eigenvalue weighted by Gasteiger charge is 2.14. The molecule has 1 aliphatic rings. The summed E-state index contributed by atoms with van der Waals surface area (Å²) in [6, 6.07) is 17.0. The molecule has 3 heteroatoms. The Kier molecular flexibility index (Phi) is 8.12. The highest BCUT2D eigenvalue weighted by Crippen LogP contribution is 2.34. The van der Waals surface area contributed by atoms with Crippen LogP contribution in [0.3, 0.4) is 0 Å². The van der Waals surface area contributed by atoms with E-state index in [0.717, 1.165) is 50.7 Å². The molecular weight excluding hydrogens is 360 g/mol. The summed E-state index contributed by atoms with van der Waals surface area (Å²) in [6.07, 6.45) is 10.8. The Morgan fingerprint density at radius 1 is 0.931 bits per heavy atom. The van der Waals surface area contributed by atoms with Gasteiger partial charge in [-0.25, -0.2) is 4.79 Å². The molecular formula is C26H30O3. The number of carbonyl (C=O) groups excluding carboxylic acids is 1. The quantitative estimate of drug-likeness (QED) is 0.274. The van der Waals surface area contributed by atoms with Crippen LogP contribution in [0.5, 0.6) is 5.75 Å². The molecule has 0 fully saturated rings. The van der Waals surface area contributed by atoms with Crippen molar-refractivity contribution in [1.82, 2.24) is 0 Å². The molecule has 0 saturated heterocycles. The molecule has 0 unspecified atom stereocenters. The first-order valence-corrected chi connectivity index (χ1v) is 10.6. The molecule has 0 heterocycles. The number of hydrogen-bond acceptors (Lipinski definition) is 3. The van der Waals surface area contributed by atoms with Gasteiger partial charge in [-0.3, -0.25) is 0 Å². The Hall–Kier alpha value is -2.81. The molecule has 3 nitrogen and oxygen atoms in total. The van der Waals surface area contributed by atoms with Gasteiger partial charge in [0.1, 0.15) is 5.75 Å². The van der Waals surface area contributed by atoms with Crippen molar-refractivity contribution in [3.63, 3.8) is 0 Å². The number of ether oxygens (including phenoxy) is 2. The molecule has 2 aromatic carbocycles. The molecule has 0 N–H and O–H groups in total. The van der Waals surface area contributed by atoms with Crippen LogP contribution < -0.4 is 4.74 Å². The zero-order valence-electron chi connectivity index (χ0n) is 17.1. The van der Waals surface area contributed by atoms with Gasteiger partial charge < -0.3 is 9.47 Å². The molecule has 2 aromatic rings. The van der Waals surface area contributed by atoms with Crippen LogP contribution in [0.25, 0.3) is 11.6 Å². The predicted molar refractivity (Wildman–Crippen MR) is 119 cm³/mol. The smallest absolute Gasteiger partial charge is 0.330 e. The zero-order chi connectivity index (χ0) is 20.3. The average molecular weight is 391 g/mol. The Labute approximate surface area is 174 Å². The number of rotatable bonds is 10. The minimum Gasteiger partial charge on any atom is -0.493 e. The lowest BCUT2D eigenvalue weighted by Crippen LogP contribution is -2.03. The number of carbonyl (C=O) groups is 1. The highest BCUT2D eigenvalue weighted by molar-refractivity contribution is 5.84. The van der Waals surface area contributed by atoms with Gasteiger partial charge in [0, 0.05) is 11.6 Å². The summed E-state index contributed by atoms with van der Waals surface area (Å²) < 4.78 is 11.2. The van der Waals surface area contributed by atoms with Crippen molar-refractivity contribution in [2.45, 2.75) is 44.9 Å². The van der Waals surface area contributed by atoms with E-state index in [9.17, 15) is 4.79 Å². The van der Waals surface area contributed by atoms with Crippen molar-refractivity contribution < 1.29 is 14.3 Å². The molecule has 1 aliphatic carbocycles. The van der Waals surface area contributed by atoms with E-state index < -0.39 is 0 Å². The molecule has 152 valence electrons. The fraction of sp³-hybridized carbons (Fsp3) is 0.346. The van der Waals surface area contributed by atoms with Gasteiger partial charge in [-0.05, 0) is 73.8 Å². The van der Waals surface area contributed by atoms with Gasteiger partial charge in [-0.15, -0.1) is 0 Å². The Balaban J connectivity index is 1.54. The van der Waals surface area contributed by atoms with E-state index >= 15 is 0 Å². The number of allylic oxidation sites excluding steroid dienone is 1. The van der Waals surface area contributed by atoms with Gasteiger partial charge in [-0.1, -0.05) is 49.0 Å². The molecule has 0 bridgehead atoms. The first-order chi connectivity index (χ1) is 14.3. The monoisotopic (exact) mass is 390 g/mol. The summed E-state index contributed by atoms with van der Waals surface area (Å²) in [7, 11) is 0. The molecule has 0 atom stereocenters. The first kappa shape index (κ1) is 20.9. The summed E-state index contributed by atoms with van der Waals surface area (Å²) in [4.78, 5) is 11.0. The molecule has 0 aliphatic heterocycles. The third-order valence-electron chi connectivity index (χ3n) is 5.22. The summed E-state index contributed by atoms with van der Waals surface area (Å²) in [6.45, 7) is 4.56. The Bertz CT molecular complexity index is 836. The number of hydrogen-bond donors (Lipinski definition) is 0. The molecule has 0 aromatic heterocycles. The number of benzene rings is 2. The van der Waals surface area contributed by atoms with Gasteiger partial charge in [0.05, 0.1) is 13.2 Å². The van der Waals surface area contributed by atoms with Crippen LogP contribution in [-0.4, -0.2) is 19.2 Å². The average Bonchev–Trinajstić information content (AvgIpc) is 2.99. The van der Waals surface area contributed by atoms with Crippen molar-refractivity contribution in [3.05, 3.63) is 77.9 Å². The van der Waals surface area contributed by atoms with Crippen molar-refractivity contribution in [2.24, 2.45) is 0 Å².